The van der Waals surface area contributed by atoms with Crippen LogP contribution < -0.4 is 10.1 Å². The van der Waals surface area contributed by atoms with E-state index in [1.807, 2.05) is 0 Å². The average molecular weight is 401 g/mol. The molecule has 0 aliphatic heterocycles. The van der Waals surface area contributed by atoms with Gasteiger partial charge in [-0.25, -0.2) is 8.42 Å². The van der Waals surface area contributed by atoms with Crippen LogP contribution in [0.5, 0.6) is 5.75 Å². The van der Waals surface area contributed by atoms with E-state index < -0.39 is 27.9 Å². The van der Waals surface area contributed by atoms with Crippen molar-refractivity contribution in [2.24, 2.45) is 0 Å². The van der Waals surface area contributed by atoms with Crippen LogP contribution in [0, 0.1) is 0 Å². The number of hydrogen-bond acceptors (Lipinski definition) is 6. The molecule has 1 atom stereocenters. The number of likely N-dealkylation sites (N-methyl/N-ethyl adjacent to an activating group) is 1. The van der Waals surface area contributed by atoms with Crippen molar-refractivity contribution in [2.45, 2.75) is 19.5 Å². The Morgan fingerprint density at radius 3 is 2.33 bits per heavy atom. The van der Waals surface area contributed by atoms with Gasteiger partial charge in [-0.3, -0.25) is 9.59 Å². The second-order valence-corrected chi connectivity index (χ2v) is 8.17. The van der Waals surface area contributed by atoms with E-state index in [-0.39, 0.29) is 26.2 Å². The summed E-state index contributed by atoms with van der Waals surface area (Å²) in [5, 5.41) is 11.4. The predicted molar refractivity (Wildman–Crippen MR) is 101 cm³/mol. The van der Waals surface area contributed by atoms with Crippen LogP contribution in [0.3, 0.4) is 0 Å². The van der Waals surface area contributed by atoms with Gasteiger partial charge in [-0.1, -0.05) is 12.1 Å². The summed E-state index contributed by atoms with van der Waals surface area (Å²) in [6, 6.07) is 6.14. The van der Waals surface area contributed by atoms with Crippen LogP contribution in [0.2, 0.25) is 0 Å². The topological polar surface area (TPSA) is 116 Å². The summed E-state index contributed by atoms with van der Waals surface area (Å²) in [6.45, 7) is 1.13. The minimum absolute atomic E-state index is 0.0665. The Kier molecular flexibility index (Phi) is 8.67. The molecule has 2 N–H and O–H groups in total. The zero-order chi connectivity index (χ0) is 20.6. The fourth-order valence-corrected chi connectivity index (χ4v) is 2.58. The number of ether oxygens (including phenoxy) is 1. The normalized spacial score (nSPS) is 12.5. The SMILES string of the molecule is COc1ccc(CN(C(=O)CN(C)S(C)(=O)=O)C(C)C(=O)NCCO)cc1. The number of aliphatic hydroxyl groups is 1. The number of sulfonamides is 1. The highest BCUT2D eigenvalue weighted by molar-refractivity contribution is 7.88. The van der Waals surface area contributed by atoms with E-state index in [1.165, 1.54) is 11.9 Å². The van der Waals surface area contributed by atoms with Gasteiger partial charge in [0.25, 0.3) is 0 Å². The van der Waals surface area contributed by atoms with Crippen LogP contribution in [0.1, 0.15) is 12.5 Å². The van der Waals surface area contributed by atoms with Crippen molar-refractivity contribution < 1.29 is 27.9 Å². The Balaban J connectivity index is 3.02. The smallest absolute Gasteiger partial charge is 0.242 e. The molecule has 0 radical (unpaired) electrons. The summed E-state index contributed by atoms with van der Waals surface area (Å²) in [6.07, 6.45) is 1.01. The Bertz CT molecular complexity index is 736. The number of nitrogens with zero attached hydrogens (tertiary/aromatic N) is 2. The molecule has 0 heterocycles. The van der Waals surface area contributed by atoms with Gasteiger partial charge in [-0.05, 0) is 24.6 Å². The number of hydrogen-bond donors (Lipinski definition) is 2. The number of benzene rings is 1. The number of nitrogens with one attached hydrogen (secondary N) is 1. The molecule has 27 heavy (non-hydrogen) atoms. The first-order valence-electron chi connectivity index (χ1n) is 8.32. The van der Waals surface area contributed by atoms with Gasteiger partial charge in [-0.15, -0.1) is 0 Å². The maximum Gasteiger partial charge on any atom is 0.242 e. The quantitative estimate of drug-likeness (QED) is 0.541. The average Bonchev–Trinajstić information content (AvgIpc) is 2.63. The zero-order valence-electron chi connectivity index (χ0n) is 16.0. The molecule has 10 heteroatoms. The minimum Gasteiger partial charge on any atom is -0.497 e. The first-order valence-corrected chi connectivity index (χ1v) is 10.2. The second kappa shape index (κ2) is 10.2. The number of rotatable bonds is 10. The van der Waals surface area contributed by atoms with E-state index in [4.69, 9.17) is 9.84 Å². The van der Waals surface area contributed by atoms with Crippen molar-refractivity contribution in [1.29, 1.82) is 0 Å². The lowest BCUT2D eigenvalue weighted by Crippen LogP contribution is -2.50. The van der Waals surface area contributed by atoms with Gasteiger partial charge in [0.05, 0.1) is 26.5 Å². The van der Waals surface area contributed by atoms with Crippen molar-refractivity contribution in [2.75, 3.05) is 40.1 Å². The van der Waals surface area contributed by atoms with Crippen LogP contribution in [-0.4, -0.2) is 80.7 Å². The van der Waals surface area contributed by atoms with Gasteiger partial charge < -0.3 is 20.1 Å². The highest BCUT2D eigenvalue weighted by Crippen LogP contribution is 2.15. The molecule has 9 nitrogen and oxygen atoms in total. The summed E-state index contributed by atoms with van der Waals surface area (Å²) in [4.78, 5) is 26.3. The number of methoxy groups -OCH3 is 1. The Hall–Kier alpha value is -2.17. The lowest BCUT2D eigenvalue weighted by molar-refractivity contribution is -0.140. The van der Waals surface area contributed by atoms with E-state index in [9.17, 15) is 18.0 Å². The fourth-order valence-electron chi connectivity index (χ4n) is 2.24. The highest BCUT2D eigenvalue weighted by atomic mass is 32.2. The predicted octanol–water partition coefficient (Wildman–Crippen LogP) is -0.588. The van der Waals surface area contributed by atoms with Crippen molar-refractivity contribution in [3.8, 4) is 5.75 Å². The molecule has 0 saturated carbocycles. The maximum atomic E-state index is 12.7. The number of amides is 2. The van der Waals surface area contributed by atoms with Crippen LogP contribution >= 0.6 is 0 Å². The molecule has 2 amide bonds. The lowest BCUT2D eigenvalue weighted by atomic mass is 10.1. The molecule has 1 aromatic carbocycles. The van der Waals surface area contributed by atoms with Crippen LogP contribution in [0.4, 0.5) is 0 Å². The third-order valence-corrected chi connectivity index (χ3v) is 5.28. The molecular formula is C17H27N3O6S. The zero-order valence-corrected chi connectivity index (χ0v) is 16.8. The van der Waals surface area contributed by atoms with Crippen molar-refractivity contribution >= 4 is 21.8 Å². The van der Waals surface area contributed by atoms with Crippen LogP contribution in [0.25, 0.3) is 0 Å². The van der Waals surface area contributed by atoms with Gasteiger partial charge in [-0.2, -0.15) is 4.31 Å². The second-order valence-electron chi connectivity index (χ2n) is 6.08. The molecule has 1 aromatic rings. The number of carbonyl (C=O) groups is 2. The Morgan fingerprint density at radius 1 is 1.26 bits per heavy atom. The van der Waals surface area contributed by atoms with Gasteiger partial charge >= 0.3 is 0 Å². The highest BCUT2D eigenvalue weighted by Gasteiger charge is 2.28. The monoisotopic (exact) mass is 401 g/mol. The van der Waals surface area contributed by atoms with E-state index in [1.54, 1.807) is 38.3 Å². The van der Waals surface area contributed by atoms with Gasteiger partial charge in [0.2, 0.25) is 21.8 Å². The van der Waals surface area contributed by atoms with Crippen LogP contribution in [0.15, 0.2) is 24.3 Å². The minimum atomic E-state index is -3.54. The summed E-state index contributed by atoms with van der Waals surface area (Å²) in [7, 11) is -0.696. The summed E-state index contributed by atoms with van der Waals surface area (Å²) < 4.78 is 29.2. The molecule has 0 spiro atoms. The Labute approximate surface area is 160 Å². The molecular weight excluding hydrogens is 374 g/mol. The third-order valence-electron chi connectivity index (χ3n) is 4.01. The van der Waals surface area contributed by atoms with Crippen molar-refractivity contribution in [3.63, 3.8) is 0 Å². The molecule has 152 valence electrons. The molecule has 0 aromatic heterocycles. The lowest BCUT2D eigenvalue weighted by Gasteiger charge is -2.30. The number of carbonyl (C=O) groups excluding carboxylic acids is 2. The largest absolute Gasteiger partial charge is 0.497 e. The standard InChI is InChI=1S/C17H27N3O6S/c1-13(17(23)18-9-10-21)20(16(22)12-19(2)27(4,24)25)11-14-5-7-15(26-3)8-6-14/h5-8,13,21H,9-12H2,1-4H3,(H,18,23). The Morgan fingerprint density at radius 2 is 1.85 bits per heavy atom. The molecule has 1 unspecified atom stereocenters. The van der Waals surface area contributed by atoms with Crippen LogP contribution in [-0.2, 0) is 26.2 Å². The summed E-state index contributed by atoms with van der Waals surface area (Å²) >= 11 is 0. The molecule has 0 aliphatic carbocycles. The fraction of sp³-hybridized carbons (Fsp3) is 0.529. The van der Waals surface area contributed by atoms with Gasteiger partial charge in [0.15, 0.2) is 0 Å². The molecule has 0 saturated heterocycles. The van der Waals surface area contributed by atoms with E-state index in [2.05, 4.69) is 5.32 Å². The number of aliphatic hydroxyl groups excluding tert-OH is 1. The first kappa shape index (κ1) is 22.9. The maximum absolute atomic E-state index is 12.7. The van der Waals surface area contributed by atoms with Crippen molar-refractivity contribution in [1.82, 2.24) is 14.5 Å². The molecule has 0 bridgehead atoms. The van der Waals surface area contributed by atoms with E-state index >= 15 is 0 Å². The molecule has 0 aliphatic rings. The van der Waals surface area contributed by atoms with Gasteiger partial charge in [0.1, 0.15) is 11.8 Å². The van der Waals surface area contributed by atoms with E-state index in [0.29, 0.717) is 5.75 Å². The first-order chi connectivity index (χ1) is 12.6. The summed E-state index contributed by atoms with van der Waals surface area (Å²) in [5.41, 5.74) is 0.757. The van der Waals surface area contributed by atoms with E-state index in [0.717, 1.165) is 16.1 Å². The molecule has 0 fully saturated rings. The third kappa shape index (κ3) is 7.16. The van der Waals surface area contributed by atoms with Crippen molar-refractivity contribution in [3.05, 3.63) is 29.8 Å². The summed E-state index contributed by atoms with van der Waals surface area (Å²) in [5.74, 6) is -0.291. The molecule has 1 rings (SSSR count). The van der Waals surface area contributed by atoms with Gasteiger partial charge in [0, 0.05) is 20.1 Å².